The SMILES string of the molecule is O=C(/C=C/c1ccc(Cl)cc1Cl)Nc1ccc(O)cc1. The molecule has 0 radical (unpaired) electrons. The summed E-state index contributed by atoms with van der Waals surface area (Å²) in [6, 6.07) is 11.2. The first-order valence-electron chi connectivity index (χ1n) is 5.78. The van der Waals surface area contributed by atoms with Crippen molar-refractivity contribution in [2.75, 3.05) is 5.32 Å². The Bertz CT molecular complexity index is 651. The Balaban J connectivity index is 2.03. The van der Waals surface area contributed by atoms with E-state index in [1.54, 1.807) is 36.4 Å². The molecule has 0 aliphatic heterocycles. The average molecular weight is 308 g/mol. The Labute approximate surface area is 126 Å². The van der Waals surface area contributed by atoms with E-state index in [0.29, 0.717) is 21.3 Å². The second kappa shape index (κ2) is 6.46. The number of nitrogens with one attached hydrogen (secondary N) is 1. The predicted octanol–water partition coefficient (Wildman–Crippen LogP) is 4.35. The fourth-order valence-electron chi connectivity index (χ4n) is 1.53. The molecule has 0 saturated carbocycles. The van der Waals surface area contributed by atoms with Crippen LogP contribution >= 0.6 is 23.2 Å². The Morgan fingerprint density at radius 2 is 1.80 bits per heavy atom. The number of anilines is 1. The quantitative estimate of drug-likeness (QED) is 0.654. The van der Waals surface area contributed by atoms with Gasteiger partial charge in [0.25, 0.3) is 0 Å². The first kappa shape index (κ1) is 14.4. The van der Waals surface area contributed by atoms with Gasteiger partial charge in [-0.25, -0.2) is 0 Å². The lowest BCUT2D eigenvalue weighted by atomic mass is 10.2. The van der Waals surface area contributed by atoms with E-state index in [9.17, 15) is 4.79 Å². The highest BCUT2D eigenvalue weighted by atomic mass is 35.5. The number of phenolic OH excluding ortho intramolecular Hbond substituents is 1. The van der Waals surface area contributed by atoms with Crippen LogP contribution < -0.4 is 5.32 Å². The third kappa shape index (κ3) is 4.02. The molecule has 20 heavy (non-hydrogen) atoms. The summed E-state index contributed by atoms with van der Waals surface area (Å²) in [6.45, 7) is 0. The second-order valence-electron chi connectivity index (χ2n) is 4.04. The van der Waals surface area contributed by atoms with Crippen molar-refractivity contribution in [1.29, 1.82) is 0 Å². The van der Waals surface area contributed by atoms with E-state index in [2.05, 4.69) is 5.32 Å². The molecule has 3 nitrogen and oxygen atoms in total. The molecule has 0 atom stereocenters. The molecule has 5 heteroatoms. The van der Waals surface area contributed by atoms with Gasteiger partial charge in [0.15, 0.2) is 0 Å². The minimum atomic E-state index is -0.290. The van der Waals surface area contributed by atoms with Gasteiger partial charge < -0.3 is 10.4 Å². The lowest BCUT2D eigenvalue weighted by Crippen LogP contribution is -2.07. The third-order valence-electron chi connectivity index (χ3n) is 2.51. The number of carbonyl (C=O) groups is 1. The van der Waals surface area contributed by atoms with Crippen LogP contribution in [0.5, 0.6) is 5.75 Å². The van der Waals surface area contributed by atoms with Crippen LogP contribution in [0.25, 0.3) is 6.08 Å². The van der Waals surface area contributed by atoms with Crippen LogP contribution in [0.3, 0.4) is 0 Å². The molecule has 0 fully saturated rings. The third-order valence-corrected chi connectivity index (χ3v) is 3.07. The summed E-state index contributed by atoms with van der Waals surface area (Å²) in [5.41, 5.74) is 1.30. The van der Waals surface area contributed by atoms with Crippen LogP contribution in [-0.4, -0.2) is 11.0 Å². The van der Waals surface area contributed by atoms with Gasteiger partial charge in [0.2, 0.25) is 5.91 Å². The van der Waals surface area contributed by atoms with E-state index in [0.717, 1.165) is 0 Å². The summed E-state index contributed by atoms with van der Waals surface area (Å²) in [5.74, 6) is -0.145. The van der Waals surface area contributed by atoms with Crippen molar-refractivity contribution >= 4 is 40.9 Å². The van der Waals surface area contributed by atoms with Crippen molar-refractivity contribution in [3.05, 3.63) is 64.1 Å². The highest BCUT2D eigenvalue weighted by Crippen LogP contribution is 2.22. The number of halogens is 2. The molecule has 2 N–H and O–H groups in total. The number of hydrogen-bond acceptors (Lipinski definition) is 2. The number of rotatable bonds is 3. The Morgan fingerprint density at radius 1 is 1.10 bits per heavy atom. The van der Waals surface area contributed by atoms with Crippen molar-refractivity contribution in [3.8, 4) is 5.75 Å². The molecular weight excluding hydrogens is 297 g/mol. The van der Waals surface area contributed by atoms with Crippen LogP contribution in [0.2, 0.25) is 10.0 Å². The van der Waals surface area contributed by atoms with E-state index >= 15 is 0 Å². The van der Waals surface area contributed by atoms with Crippen molar-refractivity contribution in [1.82, 2.24) is 0 Å². The van der Waals surface area contributed by atoms with Gasteiger partial charge in [0.1, 0.15) is 5.75 Å². The lowest BCUT2D eigenvalue weighted by molar-refractivity contribution is -0.111. The lowest BCUT2D eigenvalue weighted by Gasteiger charge is -2.02. The summed E-state index contributed by atoms with van der Waals surface area (Å²) in [4.78, 5) is 11.7. The molecule has 0 spiro atoms. The summed E-state index contributed by atoms with van der Waals surface area (Å²) >= 11 is 11.8. The summed E-state index contributed by atoms with van der Waals surface area (Å²) in [6.07, 6.45) is 2.98. The van der Waals surface area contributed by atoms with Gasteiger partial charge in [-0.05, 0) is 48.0 Å². The molecule has 0 heterocycles. The maximum Gasteiger partial charge on any atom is 0.248 e. The van der Waals surface area contributed by atoms with E-state index in [1.807, 2.05) is 0 Å². The fourth-order valence-corrected chi connectivity index (χ4v) is 2.00. The van der Waals surface area contributed by atoms with Crippen LogP contribution in [0.15, 0.2) is 48.5 Å². The minimum Gasteiger partial charge on any atom is -0.508 e. The van der Waals surface area contributed by atoms with Crippen LogP contribution in [0, 0.1) is 0 Å². The van der Waals surface area contributed by atoms with Gasteiger partial charge in [-0.3, -0.25) is 4.79 Å². The van der Waals surface area contributed by atoms with Gasteiger partial charge in [-0.15, -0.1) is 0 Å². The molecule has 1 amide bonds. The zero-order valence-electron chi connectivity index (χ0n) is 10.3. The summed E-state index contributed by atoms with van der Waals surface area (Å²) in [7, 11) is 0. The number of aromatic hydroxyl groups is 1. The number of hydrogen-bond donors (Lipinski definition) is 2. The molecule has 0 aromatic heterocycles. The molecule has 0 saturated heterocycles. The molecule has 0 bridgehead atoms. The average Bonchev–Trinajstić information content (AvgIpc) is 2.40. The Morgan fingerprint density at radius 3 is 2.45 bits per heavy atom. The molecule has 2 aromatic rings. The maximum absolute atomic E-state index is 11.7. The smallest absolute Gasteiger partial charge is 0.248 e. The molecule has 0 unspecified atom stereocenters. The Kier molecular flexibility index (Phi) is 4.66. The van der Waals surface area contributed by atoms with Crippen molar-refractivity contribution in [2.45, 2.75) is 0 Å². The molecule has 0 aliphatic carbocycles. The van der Waals surface area contributed by atoms with Crippen molar-refractivity contribution < 1.29 is 9.90 Å². The largest absolute Gasteiger partial charge is 0.508 e. The van der Waals surface area contributed by atoms with Crippen LogP contribution in [0.1, 0.15) is 5.56 Å². The minimum absolute atomic E-state index is 0.145. The second-order valence-corrected chi connectivity index (χ2v) is 4.88. The first-order valence-corrected chi connectivity index (χ1v) is 6.53. The number of phenols is 1. The zero-order chi connectivity index (χ0) is 14.5. The fraction of sp³-hybridized carbons (Fsp3) is 0. The Hall–Kier alpha value is -1.97. The van der Waals surface area contributed by atoms with E-state index in [4.69, 9.17) is 28.3 Å². The highest BCUT2D eigenvalue weighted by Gasteiger charge is 2.00. The van der Waals surface area contributed by atoms with Gasteiger partial charge >= 0.3 is 0 Å². The maximum atomic E-state index is 11.7. The highest BCUT2D eigenvalue weighted by molar-refractivity contribution is 6.35. The number of amides is 1. The van der Waals surface area contributed by atoms with E-state index in [1.165, 1.54) is 18.2 Å². The molecule has 2 aromatic carbocycles. The van der Waals surface area contributed by atoms with Crippen LogP contribution in [0.4, 0.5) is 5.69 Å². The predicted molar refractivity (Wildman–Crippen MR) is 82.2 cm³/mol. The van der Waals surface area contributed by atoms with Crippen LogP contribution in [-0.2, 0) is 4.79 Å². The molecular formula is C15H11Cl2NO2. The standard InChI is InChI=1S/C15H11Cl2NO2/c16-11-3-1-10(14(17)9-11)2-8-15(20)18-12-4-6-13(19)7-5-12/h1-9,19H,(H,18,20)/b8-2+. The van der Waals surface area contributed by atoms with Gasteiger partial charge in [0.05, 0.1) is 0 Å². The van der Waals surface area contributed by atoms with Gasteiger partial charge in [0, 0.05) is 21.8 Å². The zero-order valence-corrected chi connectivity index (χ0v) is 11.8. The first-order chi connectivity index (χ1) is 9.54. The summed E-state index contributed by atoms with van der Waals surface area (Å²) in [5, 5.41) is 12.8. The number of benzene rings is 2. The van der Waals surface area contributed by atoms with Crippen molar-refractivity contribution in [2.24, 2.45) is 0 Å². The molecule has 0 aliphatic rings. The number of carbonyl (C=O) groups excluding carboxylic acids is 1. The topological polar surface area (TPSA) is 49.3 Å². The molecule has 102 valence electrons. The van der Waals surface area contributed by atoms with Gasteiger partial charge in [-0.1, -0.05) is 29.3 Å². The molecule has 2 rings (SSSR count). The van der Waals surface area contributed by atoms with E-state index in [-0.39, 0.29) is 11.7 Å². The van der Waals surface area contributed by atoms with Gasteiger partial charge in [-0.2, -0.15) is 0 Å². The normalized spacial score (nSPS) is 10.7. The monoisotopic (exact) mass is 307 g/mol. The summed E-state index contributed by atoms with van der Waals surface area (Å²) < 4.78 is 0. The van der Waals surface area contributed by atoms with Crippen molar-refractivity contribution in [3.63, 3.8) is 0 Å². The van der Waals surface area contributed by atoms with E-state index < -0.39 is 0 Å².